The normalized spacial score (nSPS) is 25.3. The van der Waals surface area contributed by atoms with Crippen LogP contribution >= 0.6 is 12.4 Å². The molecule has 2 fully saturated rings. The third-order valence-corrected chi connectivity index (χ3v) is 5.56. The van der Waals surface area contributed by atoms with Gasteiger partial charge in [-0.1, -0.05) is 25.0 Å². The van der Waals surface area contributed by atoms with E-state index in [1.54, 1.807) is 0 Å². The third kappa shape index (κ3) is 4.04. The lowest BCUT2D eigenvalue weighted by Crippen LogP contribution is -2.46. The van der Waals surface area contributed by atoms with Crippen LogP contribution in [0, 0.1) is 11.7 Å². The van der Waals surface area contributed by atoms with E-state index in [-0.39, 0.29) is 35.6 Å². The third-order valence-electron chi connectivity index (χ3n) is 5.56. The number of amides is 1. The fourth-order valence-corrected chi connectivity index (χ4v) is 3.87. The summed E-state index contributed by atoms with van der Waals surface area (Å²) in [6.07, 6.45) is 7.07. The van der Waals surface area contributed by atoms with Crippen molar-refractivity contribution in [1.82, 2.24) is 5.32 Å². The molecule has 0 radical (unpaired) electrons. The topological polar surface area (TPSA) is 55.1 Å². The Morgan fingerprint density at radius 3 is 2.43 bits per heavy atom. The van der Waals surface area contributed by atoms with Crippen LogP contribution in [0.25, 0.3) is 0 Å². The van der Waals surface area contributed by atoms with E-state index in [1.165, 1.54) is 18.6 Å². The second kappa shape index (κ2) is 7.63. The first-order valence-electron chi connectivity index (χ1n) is 8.37. The van der Waals surface area contributed by atoms with Gasteiger partial charge in [-0.3, -0.25) is 4.79 Å². The monoisotopic (exact) mass is 340 g/mol. The van der Waals surface area contributed by atoms with Crippen LogP contribution in [0.5, 0.6) is 0 Å². The maximum Gasteiger partial charge on any atom is 0.220 e. The molecule has 0 spiro atoms. The van der Waals surface area contributed by atoms with Gasteiger partial charge in [0.1, 0.15) is 5.82 Å². The standard InChI is InChI=1S/C18H25FN2O.ClH/c19-15-7-5-14(6-8-15)18(9-2-10-18)12-21-17(22)11-13-3-1-4-16(13)20;/h5-8,13,16H,1-4,9-12,20H2,(H,21,22);1H/t13-,16+;/m0./s1. The maximum atomic E-state index is 13.1. The summed E-state index contributed by atoms with van der Waals surface area (Å²) in [5, 5.41) is 3.10. The molecule has 2 atom stereocenters. The Morgan fingerprint density at radius 2 is 1.91 bits per heavy atom. The van der Waals surface area contributed by atoms with Gasteiger partial charge in [-0.2, -0.15) is 0 Å². The summed E-state index contributed by atoms with van der Waals surface area (Å²) in [5.41, 5.74) is 7.17. The summed E-state index contributed by atoms with van der Waals surface area (Å²) in [6.45, 7) is 0.652. The van der Waals surface area contributed by atoms with E-state index in [1.807, 2.05) is 12.1 Å². The van der Waals surface area contributed by atoms with Crippen LogP contribution < -0.4 is 11.1 Å². The number of carbonyl (C=O) groups excluding carboxylic acids is 1. The Labute approximate surface area is 143 Å². The molecule has 0 heterocycles. The molecule has 5 heteroatoms. The smallest absolute Gasteiger partial charge is 0.220 e. The van der Waals surface area contributed by atoms with Gasteiger partial charge >= 0.3 is 0 Å². The molecular weight excluding hydrogens is 315 g/mol. The van der Waals surface area contributed by atoms with Gasteiger partial charge in [0, 0.05) is 24.4 Å². The van der Waals surface area contributed by atoms with Crippen LogP contribution in [0.3, 0.4) is 0 Å². The molecule has 3 rings (SSSR count). The van der Waals surface area contributed by atoms with E-state index in [0.717, 1.165) is 37.7 Å². The predicted molar refractivity (Wildman–Crippen MR) is 92.1 cm³/mol. The van der Waals surface area contributed by atoms with Crippen molar-refractivity contribution >= 4 is 18.3 Å². The average Bonchev–Trinajstić information content (AvgIpc) is 2.85. The number of nitrogens with one attached hydrogen (secondary N) is 1. The Bertz CT molecular complexity index is 530. The molecule has 1 aromatic carbocycles. The van der Waals surface area contributed by atoms with Crippen LogP contribution in [-0.2, 0) is 10.2 Å². The van der Waals surface area contributed by atoms with Gasteiger partial charge in [0.15, 0.2) is 0 Å². The highest BCUT2D eigenvalue weighted by Gasteiger charge is 2.39. The zero-order valence-electron chi connectivity index (χ0n) is 13.4. The van der Waals surface area contributed by atoms with Crippen LogP contribution in [-0.4, -0.2) is 18.5 Å². The van der Waals surface area contributed by atoms with Crippen LogP contribution in [0.15, 0.2) is 24.3 Å². The molecule has 1 amide bonds. The van der Waals surface area contributed by atoms with Crippen molar-refractivity contribution in [3.63, 3.8) is 0 Å². The quantitative estimate of drug-likeness (QED) is 0.864. The minimum Gasteiger partial charge on any atom is -0.355 e. The van der Waals surface area contributed by atoms with Gasteiger partial charge in [0.2, 0.25) is 5.91 Å². The molecule has 2 saturated carbocycles. The van der Waals surface area contributed by atoms with E-state index < -0.39 is 0 Å². The van der Waals surface area contributed by atoms with Crippen molar-refractivity contribution in [1.29, 1.82) is 0 Å². The number of hydrogen-bond donors (Lipinski definition) is 2. The average molecular weight is 341 g/mol. The van der Waals surface area contributed by atoms with E-state index in [4.69, 9.17) is 5.73 Å². The molecule has 128 valence electrons. The van der Waals surface area contributed by atoms with E-state index in [9.17, 15) is 9.18 Å². The number of hydrogen-bond acceptors (Lipinski definition) is 2. The number of benzene rings is 1. The Balaban J connectivity index is 0.00000192. The van der Waals surface area contributed by atoms with Gasteiger partial charge in [-0.05, 0) is 49.3 Å². The predicted octanol–water partition coefficient (Wildman–Crippen LogP) is 3.30. The van der Waals surface area contributed by atoms with Gasteiger partial charge in [-0.25, -0.2) is 4.39 Å². The summed E-state index contributed by atoms with van der Waals surface area (Å²) >= 11 is 0. The molecule has 3 nitrogen and oxygen atoms in total. The second-order valence-electron chi connectivity index (χ2n) is 6.98. The summed E-state index contributed by atoms with van der Waals surface area (Å²) in [4.78, 5) is 12.2. The van der Waals surface area contributed by atoms with E-state index in [2.05, 4.69) is 5.32 Å². The Kier molecular flexibility index (Phi) is 6.04. The first-order chi connectivity index (χ1) is 10.6. The van der Waals surface area contributed by atoms with Crippen molar-refractivity contribution in [3.05, 3.63) is 35.6 Å². The largest absolute Gasteiger partial charge is 0.355 e. The number of halogens is 2. The number of rotatable bonds is 5. The van der Waals surface area contributed by atoms with Crippen molar-refractivity contribution in [2.75, 3.05) is 6.54 Å². The summed E-state index contributed by atoms with van der Waals surface area (Å²) < 4.78 is 13.1. The number of carbonyl (C=O) groups is 1. The molecule has 0 unspecified atom stereocenters. The number of nitrogens with two attached hydrogens (primary N) is 1. The van der Waals surface area contributed by atoms with Crippen molar-refractivity contribution in [3.8, 4) is 0 Å². The molecule has 2 aliphatic rings. The molecule has 0 aliphatic heterocycles. The van der Waals surface area contributed by atoms with Crippen molar-refractivity contribution in [2.24, 2.45) is 11.7 Å². The van der Waals surface area contributed by atoms with Crippen molar-refractivity contribution < 1.29 is 9.18 Å². The highest BCUT2D eigenvalue weighted by atomic mass is 35.5. The highest BCUT2D eigenvalue weighted by molar-refractivity contribution is 5.85. The molecule has 0 bridgehead atoms. The summed E-state index contributed by atoms with van der Waals surface area (Å²) in [6, 6.07) is 6.91. The molecule has 1 aromatic rings. The first-order valence-corrected chi connectivity index (χ1v) is 8.37. The maximum absolute atomic E-state index is 13.1. The SMILES string of the molecule is Cl.N[C@@H]1CCC[C@H]1CC(=O)NCC1(c2ccc(F)cc2)CCC1. The van der Waals surface area contributed by atoms with E-state index in [0.29, 0.717) is 18.9 Å². The molecular formula is C18H26ClFN2O. The van der Waals surface area contributed by atoms with Crippen LogP contribution in [0.2, 0.25) is 0 Å². The Hall–Kier alpha value is -1.13. The molecule has 2 aliphatic carbocycles. The zero-order valence-corrected chi connectivity index (χ0v) is 14.2. The van der Waals surface area contributed by atoms with Gasteiger partial charge in [0.25, 0.3) is 0 Å². The minimum absolute atomic E-state index is 0. The zero-order chi connectivity index (χ0) is 15.6. The molecule has 0 saturated heterocycles. The summed E-state index contributed by atoms with van der Waals surface area (Å²) in [5.74, 6) is 0.233. The first kappa shape index (κ1) is 18.2. The lowest BCUT2D eigenvalue weighted by molar-refractivity contribution is -0.122. The fourth-order valence-electron chi connectivity index (χ4n) is 3.87. The van der Waals surface area contributed by atoms with Gasteiger partial charge in [0.05, 0.1) is 0 Å². The van der Waals surface area contributed by atoms with Crippen molar-refractivity contribution in [2.45, 2.75) is 56.4 Å². The molecule has 3 N–H and O–H groups in total. The Morgan fingerprint density at radius 1 is 1.22 bits per heavy atom. The molecule has 0 aromatic heterocycles. The summed E-state index contributed by atoms with van der Waals surface area (Å²) in [7, 11) is 0. The second-order valence-corrected chi connectivity index (χ2v) is 6.98. The highest BCUT2D eigenvalue weighted by Crippen LogP contribution is 2.43. The molecule has 23 heavy (non-hydrogen) atoms. The van der Waals surface area contributed by atoms with E-state index >= 15 is 0 Å². The van der Waals surface area contributed by atoms with Gasteiger partial charge in [-0.15, -0.1) is 12.4 Å². The van der Waals surface area contributed by atoms with Crippen LogP contribution in [0.1, 0.15) is 50.5 Å². The lowest BCUT2D eigenvalue weighted by atomic mass is 9.64. The fraction of sp³-hybridized carbons (Fsp3) is 0.611. The van der Waals surface area contributed by atoms with Crippen LogP contribution in [0.4, 0.5) is 4.39 Å². The lowest BCUT2D eigenvalue weighted by Gasteiger charge is -2.42. The minimum atomic E-state index is -0.211. The van der Waals surface area contributed by atoms with Gasteiger partial charge < -0.3 is 11.1 Å².